The normalized spacial score (nSPS) is 19.2. The highest BCUT2D eigenvalue weighted by atomic mass is 19.1. The summed E-state index contributed by atoms with van der Waals surface area (Å²) in [6.07, 6.45) is 5.23. The Bertz CT molecular complexity index is 1120. The van der Waals surface area contributed by atoms with E-state index in [1.54, 1.807) is 23.4 Å². The van der Waals surface area contributed by atoms with Crippen molar-refractivity contribution in [3.8, 4) is 0 Å². The van der Waals surface area contributed by atoms with Gasteiger partial charge in [-0.2, -0.15) is 0 Å². The molecule has 2 aromatic carbocycles. The lowest BCUT2D eigenvalue weighted by Crippen LogP contribution is -2.50. The number of aromatic nitrogens is 2. The van der Waals surface area contributed by atoms with Crippen LogP contribution in [0.25, 0.3) is 11.0 Å². The fourth-order valence-electron chi connectivity index (χ4n) is 4.32. The average molecular weight is 436 g/mol. The third-order valence-corrected chi connectivity index (χ3v) is 6.22. The van der Waals surface area contributed by atoms with E-state index in [0.717, 1.165) is 35.9 Å². The first-order valence-corrected chi connectivity index (χ1v) is 11.1. The summed E-state index contributed by atoms with van der Waals surface area (Å²) in [5.41, 5.74) is 2.61. The first-order valence-electron chi connectivity index (χ1n) is 11.1. The number of carbonyl (C=O) groups excluding carboxylic acids is 2. The number of benzene rings is 2. The summed E-state index contributed by atoms with van der Waals surface area (Å²) in [5, 5.41) is 6.10. The van der Waals surface area contributed by atoms with Crippen molar-refractivity contribution >= 4 is 23.0 Å². The molecule has 5 rings (SSSR count). The fraction of sp³-hybridized carbons (Fsp3) is 0.375. The molecule has 1 saturated heterocycles. The first kappa shape index (κ1) is 20.5. The monoisotopic (exact) mass is 435 g/mol. The van der Waals surface area contributed by atoms with Crippen LogP contribution < -0.4 is 10.6 Å². The lowest BCUT2D eigenvalue weighted by molar-refractivity contribution is -0.124. The number of imidazole rings is 1. The summed E-state index contributed by atoms with van der Waals surface area (Å²) in [6.45, 7) is 0.976. The second kappa shape index (κ2) is 8.61. The minimum absolute atomic E-state index is 0.0703. The summed E-state index contributed by atoms with van der Waals surface area (Å²) in [5.74, 6) is -0.401. The van der Waals surface area contributed by atoms with Gasteiger partial charge in [0.1, 0.15) is 11.9 Å². The summed E-state index contributed by atoms with van der Waals surface area (Å²) < 4.78 is 15.5. The Morgan fingerprint density at radius 3 is 2.66 bits per heavy atom. The lowest BCUT2D eigenvalue weighted by atomic mass is 10.1. The standard InChI is InChI=1S/C24H26FN5O2/c25-17-9-7-16(8-10-17)20(14-29-15-26-19-4-1-2-5-21(19)29)28-24(32)30-13-3-6-22(30)23(31)27-18-11-12-18/h1-2,4-5,7-10,15,18,20,22H,3,6,11-14H2,(H,27,31)(H,28,32). The van der Waals surface area contributed by atoms with Crippen LogP contribution in [0.1, 0.15) is 37.3 Å². The molecule has 1 saturated carbocycles. The highest BCUT2D eigenvalue weighted by Gasteiger charge is 2.37. The molecule has 2 fully saturated rings. The Balaban J connectivity index is 1.37. The van der Waals surface area contributed by atoms with Crippen LogP contribution in [0.5, 0.6) is 0 Å². The van der Waals surface area contributed by atoms with E-state index < -0.39 is 12.1 Å². The van der Waals surface area contributed by atoms with Crippen molar-refractivity contribution in [2.75, 3.05) is 6.54 Å². The molecule has 0 spiro atoms. The zero-order chi connectivity index (χ0) is 22.1. The SMILES string of the molecule is O=C(NC1CC1)C1CCCN1C(=O)NC(Cn1cnc2ccccc21)c1ccc(F)cc1. The van der Waals surface area contributed by atoms with Crippen LogP contribution in [-0.4, -0.2) is 45.0 Å². The number of likely N-dealkylation sites (tertiary alicyclic amines) is 1. The maximum atomic E-state index is 13.5. The van der Waals surface area contributed by atoms with Gasteiger partial charge in [0, 0.05) is 19.1 Å². The number of nitrogens with one attached hydrogen (secondary N) is 2. The van der Waals surface area contributed by atoms with Gasteiger partial charge in [-0.15, -0.1) is 0 Å². The summed E-state index contributed by atoms with van der Waals surface area (Å²) in [7, 11) is 0. The molecule has 0 bridgehead atoms. The van der Waals surface area contributed by atoms with Crippen molar-refractivity contribution in [2.24, 2.45) is 0 Å². The molecule has 3 amide bonds. The van der Waals surface area contributed by atoms with Gasteiger partial charge in [-0.1, -0.05) is 24.3 Å². The van der Waals surface area contributed by atoms with Crippen LogP contribution in [0.4, 0.5) is 9.18 Å². The van der Waals surface area contributed by atoms with E-state index in [1.807, 2.05) is 28.8 Å². The molecule has 2 aliphatic rings. The molecule has 2 N–H and O–H groups in total. The van der Waals surface area contributed by atoms with Gasteiger partial charge in [0.05, 0.1) is 23.4 Å². The number of para-hydroxylation sites is 2. The Morgan fingerprint density at radius 2 is 1.88 bits per heavy atom. The fourth-order valence-corrected chi connectivity index (χ4v) is 4.32. The molecule has 1 aromatic heterocycles. The highest BCUT2D eigenvalue weighted by molar-refractivity contribution is 5.88. The minimum atomic E-state index is -0.446. The highest BCUT2D eigenvalue weighted by Crippen LogP contribution is 2.24. The zero-order valence-electron chi connectivity index (χ0n) is 17.7. The Kier molecular flexibility index (Phi) is 5.51. The van der Waals surface area contributed by atoms with E-state index in [4.69, 9.17) is 0 Å². The molecule has 166 valence electrons. The third-order valence-electron chi connectivity index (χ3n) is 6.22. The number of urea groups is 1. The largest absolute Gasteiger partial charge is 0.352 e. The second-order valence-corrected chi connectivity index (χ2v) is 8.57. The minimum Gasteiger partial charge on any atom is -0.352 e. The number of hydrogen-bond acceptors (Lipinski definition) is 3. The number of carbonyl (C=O) groups is 2. The number of nitrogens with zero attached hydrogens (tertiary/aromatic N) is 3. The van der Waals surface area contributed by atoms with Crippen molar-refractivity contribution in [2.45, 2.75) is 50.4 Å². The van der Waals surface area contributed by atoms with E-state index >= 15 is 0 Å². The number of halogens is 1. The molecule has 7 nitrogen and oxygen atoms in total. The smallest absolute Gasteiger partial charge is 0.318 e. The van der Waals surface area contributed by atoms with E-state index in [2.05, 4.69) is 15.6 Å². The van der Waals surface area contributed by atoms with Gasteiger partial charge in [-0.05, 0) is 55.5 Å². The molecule has 1 aliphatic heterocycles. The summed E-state index contributed by atoms with van der Waals surface area (Å²) >= 11 is 0. The summed E-state index contributed by atoms with van der Waals surface area (Å²) in [6, 6.07) is 13.1. The molecular formula is C24H26FN5O2. The van der Waals surface area contributed by atoms with Gasteiger partial charge in [0.2, 0.25) is 5.91 Å². The van der Waals surface area contributed by atoms with Crippen LogP contribution in [-0.2, 0) is 11.3 Å². The van der Waals surface area contributed by atoms with Crippen LogP contribution in [0.15, 0.2) is 54.9 Å². The Morgan fingerprint density at radius 1 is 1.09 bits per heavy atom. The molecule has 2 atom stereocenters. The van der Waals surface area contributed by atoms with Gasteiger partial charge in [0.25, 0.3) is 0 Å². The predicted octanol–water partition coefficient (Wildman–Crippen LogP) is 3.37. The molecule has 0 radical (unpaired) electrons. The number of hydrogen-bond donors (Lipinski definition) is 2. The number of amides is 3. The topological polar surface area (TPSA) is 79.3 Å². The van der Waals surface area contributed by atoms with E-state index in [-0.39, 0.29) is 23.8 Å². The number of fused-ring (bicyclic) bond motifs is 1. The van der Waals surface area contributed by atoms with E-state index in [0.29, 0.717) is 19.5 Å². The van der Waals surface area contributed by atoms with E-state index in [1.165, 1.54) is 12.1 Å². The van der Waals surface area contributed by atoms with Crippen molar-refractivity contribution in [1.29, 1.82) is 0 Å². The van der Waals surface area contributed by atoms with Crippen LogP contribution in [0.3, 0.4) is 0 Å². The molecule has 8 heteroatoms. The maximum Gasteiger partial charge on any atom is 0.318 e. The van der Waals surface area contributed by atoms with E-state index in [9.17, 15) is 14.0 Å². The third kappa shape index (κ3) is 4.30. The molecule has 32 heavy (non-hydrogen) atoms. The Hall–Kier alpha value is -3.42. The molecular weight excluding hydrogens is 409 g/mol. The first-order chi connectivity index (χ1) is 15.6. The van der Waals surface area contributed by atoms with Crippen LogP contribution in [0, 0.1) is 5.82 Å². The lowest BCUT2D eigenvalue weighted by Gasteiger charge is -2.28. The summed E-state index contributed by atoms with van der Waals surface area (Å²) in [4.78, 5) is 31.9. The van der Waals surface area contributed by atoms with Gasteiger partial charge >= 0.3 is 6.03 Å². The number of rotatable bonds is 6. The van der Waals surface area contributed by atoms with Gasteiger partial charge in [0.15, 0.2) is 0 Å². The van der Waals surface area contributed by atoms with Gasteiger partial charge in [-0.25, -0.2) is 14.2 Å². The van der Waals surface area contributed by atoms with Gasteiger partial charge in [-0.3, -0.25) is 4.79 Å². The zero-order valence-corrected chi connectivity index (χ0v) is 17.7. The molecule has 1 aliphatic carbocycles. The van der Waals surface area contributed by atoms with Crippen molar-refractivity contribution < 1.29 is 14.0 Å². The predicted molar refractivity (Wildman–Crippen MR) is 118 cm³/mol. The molecule has 2 unspecified atom stereocenters. The van der Waals surface area contributed by atoms with Crippen molar-refractivity contribution in [1.82, 2.24) is 25.1 Å². The van der Waals surface area contributed by atoms with Gasteiger partial charge < -0.3 is 20.1 Å². The average Bonchev–Trinajstić information content (AvgIpc) is 3.31. The maximum absolute atomic E-state index is 13.5. The molecule has 2 heterocycles. The van der Waals surface area contributed by atoms with Crippen LogP contribution in [0.2, 0.25) is 0 Å². The molecule has 3 aromatic rings. The Labute approximate surface area is 185 Å². The van der Waals surface area contributed by atoms with Crippen LogP contribution >= 0.6 is 0 Å². The quantitative estimate of drug-likeness (QED) is 0.623. The second-order valence-electron chi connectivity index (χ2n) is 8.57. The van der Waals surface area contributed by atoms with Crippen molar-refractivity contribution in [3.05, 3.63) is 66.2 Å². The van der Waals surface area contributed by atoms with Crippen molar-refractivity contribution in [3.63, 3.8) is 0 Å².